The van der Waals surface area contributed by atoms with E-state index in [0.29, 0.717) is 10.1 Å². The van der Waals surface area contributed by atoms with Crippen LogP contribution in [0.4, 0.5) is 4.39 Å². The van der Waals surface area contributed by atoms with E-state index in [-0.39, 0.29) is 24.7 Å². The number of H-pyrrole nitrogens is 1. The lowest BCUT2D eigenvalue weighted by Crippen LogP contribution is -2.41. The number of nitrogens with zero attached hydrogens (tertiary/aromatic N) is 4. The number of hydrogen-bond acceptors (Lipinski definition) is 12. The van der Waals surface area contributed by atoms with Gasteiger partial charge >= 0.3 is 25.4 Å². The molecule has 4 rings (SSSR count). The van der Waals surface area contributed by atoms with Gasteiger partial charge in [-0.3, -0.25) is 28.5 Å². The number of esters is 2. The lowest BCUT2D eigenvalue weighted by molar-refractivity contribution is -0.149. The second kappa shape index (κ2) is 14.0. The predicted octanol–water partition coefficient (Wildman–Crippen LogP) is 2.58. The fraction of sp³-hybridized carbons (Fsp3) is 0.571. The van der Waals surface area contributed by atoms with Crippen LogP contribution in [-0.4, -0.2) is 74.9 Å². The van der Waals surface area contributed by atoms with Crippen LogP contribution in [0.25, 0.3) is 10.4 Å². The summed E-state index contributed by atoms with van der Waals surface area (Å²) in [6, 6.07) is 5.80. The molecule has 1 aliphatic heterocycles. The van der Waals surface area contributed by atoms with Crippen LogP contribution in [0.5, 0.6) is 5.75 Å². The van der Waals surface area contributed by atoms with Gasteiger partial charge in [-0.2, -0.15) is 5.09 Å². The molecular weight excluding hydrogens is 646 g/mol. The summed E-state index contributed by atoms with van der Waals surface area (Å²) in [6.07, 6.45) is -5.98. The number of alkyl halides is 1. The largest absolute Gasteiger partial charge is 0.463 e. The summed E-state index contributed by atoms with van der Waals surface area (Å²) in [5.41, 5.74) is 2.77. The molecule has 0 radical (unpaired) electrons. The molecule has 3 unspecified atom stereocenters. The van der Waals surface area contributed by atoms with E-state index in [9.17, 15) is 28.8 Å². The van der Waals surface area contributed by atoms with Crippen molar-refractivity contribution in [3.63, 3.8) is 0 Å². The predicted molar refractivity (Wildman–Crippen MR) is 161 cm³/mol. The highest BCUT2D eigenvalue weighted by molar-refractivity contribution is 7.52. The van der Waals surface area contributed by atoms with Crippen molar-refractivity contribution in [1.82, 2.24) is 14.6 Å². The van der Waals surface area contributed by atoms with Gasteiger partial charge in [0.1, 0.15) is 23.5 Å². The molecule has 3 N–H and O–H groups in total. The average Bonchev–Trinajstić information content (AvgIpc) is 3.37. The number of aromatic nitrogens is 2. The monoisotopic (exact) mass is 682 g/mol. The molecule has 2 aliphatic rings. The zero-order valence-electron chi connectivity index (χ0n) is 26.2. The summed E-state index contributed by atoms with van der Waals surface area (Å²) in [6.45, 7) is 7.16. The Morgan fingerprint density at radius 2 is 1.87 bits per heavy atom. The molecule has 1 saturated heterocycles. The van der Waals surface area contributed by atoms with Crippen LogP contribution in [0, 0.1) is 0 Å². The zero-order valence-corrected chi connectivity index (χ0v) is 27.1. The SMILES string of the molecule is CC(C)OC(=O)CCc1ccccc1OP(=O)(NC(C)C(=O)OC(C)C)OC1[C@@]2(CN=[N+]=[N-])O[C@@H](n3ccc(=O)[nH]c3=O)[C@H](F)[C@@]12O. The molecule has 19 heteroatoms. The van der Waals surface area contributed by atoms with Crippen LogP contribution in [-0.2, 0) is 39.3 Å². The van der Waals surface area contributed by atoms with Crippen molar-refractivity contribution in [1.29, 1.82) is 0 Å². The topological polar surface area (TPSA) is 233 Å². The summed E-state index contributed by atoms with van der Waals surface area (Å²) in [5.74, 6) is -1.37. The quantitative estimate of drug-likeness (QED) is 0.0809. The maximum absolute atomic E-state index is 16.1. The lowest BCUT2D eigenvalue weighted by Gasteiger charge is -2.28. The fourth-order valence-corrected chi connectivity index (χ4v) is 6.99. The molecule has 0 amide bonds. The second-order valence-electron chi connectivity index (χ2n) is 11.6. The van der Waals surface area contributed by atoms with Gasteiger partial charge in [-0.1, -0.05) is 23.3 Å². The van der Waals surface area contributed by atoms with Crippen molar-refractivity contribution in [2.75, 3.05) is 6.54 Å². The van der Waals surface area contributed by atoms with Crippen LogP contribution in [0.1, 0.15) is 52.8 Å². The summed E-state index contributed by atoms with van der Waals surface area (Å²) in [7, 11) is -4.82. The first-order valence-electron chi connectivity index (χ1n) is 14.7. The highest BCUT2D eigenvalue weighted by atomic mass is 31.2. The van der Waals surface area contributed by atoms with Gasteiger partial charge in [-0.25, -0.2) is 13.8 Å². The van der Waals surface area contributed by atoms with Crippen LogP contribution in [0.3, 0.4) is 0 Å². The van der Waals surface area contributed by atoms with Crippen LogP contribution >= 0.6 is 7.75 Å². The molecule has 7 atom stereocenters. The average molecular weight is 683 g/mol. The number of rotatable bonds is 15. The molecular formula is C28H36FN6O11P. The minimum absolute atomic E-state index is 0.0395. The molecule has 0 bridgehead atoms. The van der Waals surface area contributed by atoms with E-state index < -0.39 is 79.3 Å². The summed E-state index contributed by atoms with van der Waals surface area (Å²) in [4.78, 5) is 53.4. The van der Waals surface area contributed by atoms with Gasteiger partial charge in [0.15, 0.2) is 18.0 Å². The first-order valence-corrected chi connectivity index (χ1v) is 16.2. The summed E-state index contributed by atoms with van der Waals surface area (Å²) >= 11 is 0. The lowest BCUT2D eigenvalue weighted by atomic mass is 10.1. The van der Waals surface area contributed by atoms with Crippen molar-refractivity contribution < 1.29 is 46.9 Å². The number of hydrogen-bond donors (Lipinski definition) is 3. The van der Waals surface area contributed by atoms with Crippen molar-refractivity contribution in [3.8, 4) is 5.75 Å². The number of benzene rings is 1. The summed E-state index contributed by atoms with van der Waals surface area (Å²) < 4.78 is 58.9. The van der Waals surface area contributed by atoms with E-state index in [0.717, 1.165) is 12.3 Å². The molecule has 47 heavy (non-hydrogen) atoms. The normalized spacial score (nSPS) is 26.5. The molecule has 1 saturated carbocycles. The molecule has 17 nitrogen and oxygen atoms in total. The van der Waals surface area contributed by atoms with Gasteiger partial charge in [0.25, 0.3) is 5.56 Å². The van der Waals surface area contributed by atoms with E-state index >= 15 is 4.39 Å². The Kier molecular flexibility index (Phi) is 10.6. The highest BCUT2D eigenvalue weighted by Gasteiger charge is 2.90. The number of aliphatic hydroxyl groups is 1. The van der Waals surface area contributed by atoms with Gasteiger partial charge in [0, 0.05) is 23.6 Å². The van der Waals surface area contributed by atoms with Crippen LogP contribution < -0.4 is 20.9 Å². The third-order valence-corrected chi connectivity index (χ3v) is 9.00. The molecule has 2 fully saturated rings. The maximum atomic E-state index is 16.1. The molecule has 0 spiro atoms. The van der Waals surface area contributed by atoms with Gasteiger partial charge < -0.3 is 23.8 Å². The Labute approximate surface area is 267 Å². The molecule has 2 aromatic rings. The first-order chi connectivity index (χ1) is 22.1. The van der Waals surface area contributed by atoms with Crippen LogP contribution in [0.2, 0.25) is 0 Å². The molecule has 2 heterocycles. The number of carbonyl (C=O) groups excluding carboxylic acids is 2. The van der Waals surface area contributed by atoms with Gasteiger partial charge in [-0.05, 0) is 58.2 Å². The Balaban J connectivity index is 1.68. The fourth-order valence-electron chi connectivity index (χ4n) is 5.21. The van der Waals surface area contributed by atoms with Crippen molar-refractivity contribution >= 4 is 19.7 Å². The van der Waals surface area contributed by atoms with Crippen molar-refractivity contribution in [3.05, 3.63) is 73.4 Å². The number of carbonyl (C=O) groups is 2. The standard InChI is InChI=1S/C28H36FN6O11P/c1-15(2)42-21(37)11-10-18-8-6-7-9-19(18)45-47(41,33-17(5)24(38)43-16(3)4)46-25-27(14-31-34-30)28(25,40)22(29)23(44-27)35-13-12-20(36)32-26(35)39/h6-9,12-13,15-17,22-23,25,40H,10-11,14H2,1-5H3,(H,33,41)(H,32,36,39)/t17?,22-,23+,25?,27+,28+,47?/m0/s1. The van der Waals surface area contributed by atoms with E-state index in [1.165, 1.54) is 13.0 Å². The third-order valence-electron chi connectivity index (χ3n) is 7.37. The smallest absolute Gasteiger partial charge is 0.459 e. The van der Waals surface area contributed by atoms with E-state index in [4.69, 9.17) is 28.8 Å². The first kappa shape index (κ1) is 35.8. The van der Waals surface area contributed by atoms with Gasteiger partial charge in [-0.15, -0.1) is 0 Å². The Bertz CT molecular complexity index is 1710. The number of aryl methyl sites for hydroxylation is 1. The summed E-state index contributed by atoms with van der Waals surface area (Å²) in [5, 5.41) is 17.4. The van der Waals surface area contributed by atoms with Gasteiger partial charge in [0.05, 0.1) is 18.8 Å². The number of halogens is 1. The number of nitrogens with one attached hydrogen (secondary N) is 2. The molecule has 1 aliphatic carbocycles. The Hall–Kier alpha value is -4.05. The molecule has 1 aromatic heterocycles. The Morgan fingerprint density at radius 3 is 2.51 bits per heavy atom. The number of para-hydroxylation sites is 1. The van der Waals surface area contributed by atoms with Gasteiger partial charge in [0.2, 0.25) is 0 Å². The highest BCUT2D eigenvalue weighted by Crippen LogP contribution is 2.68. The molecule has 256 valence electrons. The van der Waals surface area contributed by atoms with E-state index in [1.54, 1.807) is 45.9 Å². The van der Waals surface area contributed by atoms with Crippen LogP contribution in [0.15, 0.2) is 51.2 Å². The third kappa shape index (κ3) is 7.43. The van der Waals surface area contributed by atoms with Crippen molar-refractivity contribution in [2.24, 2.45) is 5.11 Å². The van der Waals surface area contributed by atoms with E-state index in [2.05, 4.69) is 15.1 Å². The van der Waals surface area contributed by atoms with Crippen molar-refractivity contribution in [2.45, 2.75) is 95.4 Å². The number of azide groups is 1. The minimum atomic E-state index is -4.82. The number of fused-ring (bicyclic) bond motifs is 1. The van der Waals surface area contributed by atoms with E-state index in [1.807, 2.05) is 4.98 Å². The second-order valence-corrected chi connectivity index (χ2v) is 13.2. The number of ether oxygens (including phenoxy) is 3. The maximum Gasteiger partial charge on any atom is 0.459 e. The zero-order chi connectivity index (χ0) is 34.7. The molecule has 1 aromatic carbocycles. The minimum Gasteiger partial charge on any atom is -0.463 e. The Morgan fingerprint density at radius 1 is 1.19 bits per heavy atom. The number of aromatic amines is 1.